The fraction of sp³-hybridized carbons (Fsp3) is 0.300. The maximum Gasteiger partial charge on any atom is 0.248 e. The molecule has 0 saturated carbocycles. The van der Waals surface area contributed by atoms with E-state index in [2.05, 4.69) is 5.32 Å². The van der Waals surface area contributed by atoms with E-state index in [1.807, 2.05) is 12.1 Å². The van der Waals surface area contributed by atoms with Crippen molar-refractivity contribution in [3.05, 3.63) is 71.8 Å². The van der Waals surface area contributed by atoms with Crippen molar-refractivity contribution in [1.82, 2.24) is 0 Å². The molecule has 0 spiro atoms. The van der Waals surface area contributed by atoms with Crippen LogP contribution in [0.5, 0.6) is 34.5 Å². The molecule has 0 radical (unpaired) electrons. The Labute approximate surface area is 234 Å². The Morgan fingerprint density at radius 3 is 1.98 bits per heavy atom. The van der Waals surface area contributed by atoms with E-state index in [9.17, 15) is 4.79 Å². The molecule has 0 heterocycles. The lowest BCUT2D eigenvalue weighted by atomic mass is 10.1. The Morgan fingerprint density at radius 1 is 0.725 bits per heavy atom. The van der Waals surface area contributed by atoms with Gasteiger partial charge in [-0.3, -0.25) is 4.79 Å². The summed E-state index contributed by atoms with van der Waals surface area (Å²) in [4.78, 5) is 12.5. The second kappa shape index (κ2) is 15.9. The average Bonchev–Trinajstić information content (AvgIpc) is 2.98. The molecule has 0 aromatic heterocycles. The van der Waals surface area contributed by atoms with E-state index >= 15 is 0 Å². The number of amides is 1. The van der Waals surface area contributed by atoms with Gasteiger partial charge in [-0.2, -0.15) is 0 Å². The number of ether oxygens (including phenoxy) is 8. The zero-order valence-electron chi connectivity index (χ0n) is 23.4. The summed E-state index contributed by atoms with van der Waals surface area (Å²) < 4.78 is 43.0. The molecule has 0 bridgehead atoms. The summed E-state index contributed by atoms with van der Waals surface area (Å²) >= 11 is 0. The highest BCUT2D eigenvalue weighted by atomic mass is 16.7. The van der Waals surface area contributed by atoms with Gasteiger partial charge in [0.15, 0.2) is 36.6 Å². The maximum atomic E-state index is 12.5. The van der Waals surface area contributed by atoms with Crippen LogP contribution in [0.4, 0.5) is 5.69 Å². The fourth-order valence-corrected chi connectivity index (χ4v) is 3.66. The van der Waals surface area contributed by atoms with Crippen molar-refractivity contribution in [3.63, 3.8) is 0 Å². The molecule has 1 N–H and O–H groups in total. The Morgan fingerprint density at radius 2 is 1.38 bits per heavy atom. The second-order valence-electron chi connectivity index (χ2n) is 8.29. The minimum absolute atomic E-state index is 0.0572. The summed E-state index contributed by atoms with van der Waals surface area (Å²) in [6, 6.07) is 16.2. The molecule has 1 amide bonds. The smallest absolute Gasteiger partial charge is 0.248 e. The first-order valence-corrected chi connectivity index (χ1v) is 12.4. The first-order chi connectivity index (χ1) is 19.5. The van der Waals surface area contributed by atoms with Crippen LogP contribution in [0, 0.1) is 0 Å². The highest BCUT2D eigenvalue weighted by molar-refractivity contribution is 6.02. The molecule has 3 rings (SSSR count). The molecular formula is C30H35NO9. The molecule has 214 valence electrons. The quantitative estimate of drug-likeness (QED) is 0.195. The summed E-state index contributed by atoms with van der Waals surface area (Å²) in [6.45, 7) is 0.581. The number of benzene rings is 3. The van der Waals surface area contributed by atoms with Gasteiger partial charge in [0.2, 0.25) is 11.7 Å². The van der Waals surface area contributed by atoms with Crippen LogP contribution < -0.4 is 33.7 Å². The zero-order valence-corrected chi connectivity index (χ0v) is 23.4. The highest BCUT2D eigenvalue weighted by Crippen LogP contribution is 2.38. The van der Waals surface area contributed by atoms with Gasteiger partial charge in [0.25, 0.3) is 0 Å². The van der Waals surface area contributed by atoms with Gasteiger partial charge >= 0.3 is 0 Å². The maximum absolute atomic E-state index is 12.5. The lowest BCUT2D eigenvalue weighted by Gasteiger charge is -2.14. The molecule has 0 aliphatic rings. The summed E-state index contributed by atoms with van der Waals surface area (Å²) in [7, 11) is 7.80. The molecule has 10 heteroatoms. The third-order valence-corrected chi connectivity index (χ3v) is 5.57. The monoisotopic (exact) mass is 553 g/mol. The van der Waals surface area contributed by atoms with Gasteiger partial charge < -0.3 is 43.2 Å². The van der Waals surface area contributed by atoms with Crippen LogP contribution in [0.15, 0.2) is 60.7 Å². The predicted octanol–water partition coefficient (Wildman–Crippen LogP) is 4.95. The molecule has 0 unspecified atom stereocenters. The molecule has 0 fully saturated rings. The SMILES string of the molecule is COCOc1ccc(/C=C/C(=O)Nc2ccc(OCCc3cc(OC)c(OC)c(OC)c3)cc2)cc1OCOC. The number of nitrogens with one attached hydrogen (secondary N) is 1. The normalized spacial score (nSPS) is 10.7. The molecule has 3 aromatic rings. The van der Waals surface area contributed by atoms with Crippen LogP contribution in [-0.2, 0) is 20.7 Å². The Balaban J connectivity index is 1.53. The molecule has 0 saturated heterocycles. The topological polar surface area (TPSA) is 103 Å². The van der Waals surface area contributed by atoms with Crippen molar-refractivity contribution < 1.29 is 42.7 Å². The van der Waals surface area contributed by atoms with Crippen LogP contribution >= 0.6 is 0 Å². The van der Waals surface area contributed by atoms with Crippen molar-refractivity contribution in [2.75, 3.05) is 61.1 Å². The minimum atomic E-state index is -0.282. The summed E-state index contributed by atoms with van der Waals surface area (Å²) in [5.41, 5.74) is 2.38. The third-order valence-electron chi connectivity index (χ3n) is 5.57. The molecule has 10 nitrogen and oxygen atoms in total. The summed E-state index contributed by atoms with van der Waals surface area (Å²) in [6.07, 6.45) is 3.75. The Kier molecular flexibility index (Phi) is 12.0. The number of methoxy groups -OCH3 is 5. The van der Waals surface area contributed by atoms with Gasteiger partial charge in [0, 0.05) is 32.4 Å². The van der Waals surface area contributed by atoms with E-state index in [-0.39, 0.29) is 19.5 Å². The number of carbonyl (C=O) groups excluding carboxylic acids is 1. The first kappa shape index (κ1) is 30.1. The van der Waals surface area contributed by atoms with Crippen LogP contribution in [0.2, 0.25) is 0 Å². The van der Waals surface area contributed by atoms with Crippen LogP contribution in [0.3, 0.4) is 0 Å². The number of anilines is 1. The third kappa shape index (κ3) is 8.82. The Hall–Kier alpha value is -4.41. The van der Waals surface area contributed by atoms with Crippen molar-refractivity contribution >= 4 is 17.7 Å². The number of hydrogen-bond acceptors (Lipinski definition) is 9. The van der Waals surface area contributed by atoms with Gasteiger partial charge in [-0.1, -0.05) is 6.07 Å². The Bertz CT molecular complexity index is 1230. The van der Waals surface area contributed by atoms with Crippen molar-refractivity contribution in [2.24, 2.45) is 0 Å². The standard InChI is InChI=1S/C30H35NO9/c1-33-19-39-25-12-6-21(16-26(25)40-20-34-2)7-13-29(32)31-23-8-10-24(11-9-23)38-15-14-22-17-27(35-3)30(37-5)28(18-22)36-4/h6-13,16-18H,14-15,19-20H2,1-5H3,(H,31,32)/b13-7+. The van der Waals surface area contributed by atoms with Crippen molar-refractivity contribution in [2.45, 2.75) is 6.42 Å². The van der Waals surface area contributed by atoms with E-state index in [1.54, 1.807) is 69.9 Å². The average molecular weight is 554 g/mol. The molecule has 3 aromatic carbocycles. The number of carbonyl (C=O) groups is 1. The van der Waals surface area contributed by atoms with Gasteiger partial charge in [0.1, 0.15) is 5.75 Å². The molecular weight excluding hydrogens is 518 g/mol. The van der Waals surface area contributed by atoms with Crippen molar-refractivity contribution in [1.29, 1.82) is 0 Å². The van der Waals surface area contributed by atoms with Gasteiger partial charge in [-0.15, -0.1) is 0 Å². The number of hydrogen-bond donors (Lipinski definition) is 1. The minimum Gasteiger partial charge on any atom is -0.493 e. The predicted molar refractivity (Wildman–Crippen MR) is 151 cm³/mol. The van der Waals surface area contributed by atoms with Crippen LogP contribution in [-0.4, -0.2) is 61.6 Å². The van der Waals surface area contributed by atoms with E-state index in [0.29, 0.717) is 53.2 Å². The lowest BCUT2D eigenvalue weighted by Crippen LogP contribution is -2.08. The van der Waals surface area contributed by atoms with Gasteiger partial charge in [-0.05, 0) is 65.7 Å². The molecule has 0 aliphatic carbocycles. The van der Waals surface area contributed by atoms with E-state index < -0.39 is 0 Å². The number of rotatable bonds is 16. The molecule has 0 atom stereocenters. The second-order valence-corrected chi connectivity index (χ2v) is 8.29. The largest absolute Gasteiger partial charge is 0.493 e. The van der Waals surface area contributed by atoms with E-state index in [4.69, 9.17) is 37.9 Å². The van der Waals surface area contributed by atoms with E-state index in [0.717, 1.165) is 11.1 Å². The van der Waals surface area contributed by atoms with Crippen LogP contribution in [0.25, 0.3) is 6.08 Å². The van der Waals surface area contributed by atoms with Gasteiger partial charge in [-0.25, -0.2) is 0 Å². The summed E-state index contributed by atoms with van der Waals surface area (Å²) in [5.74, 6) is 3.12. The lowest BCUT2D eigenvalue weighted by molar-refractivity contribution is -0.111. The first-order valence-electron chi connectivity index (χ1n) is 12.4. The molecule has 40 heavy (non-hydrogen) atoms. The molecule has 0 aliphatic heterocycles. The summed E-state index contributed by atoms with van der Waals surface area (Å²) in [5, 5.41) is 2.83. The van der Waals surface area contributed by atoms with Gasteiger partial charge in [0.05, 0.1) is 27.9 Å². The zero-order chi connectivity index (χ0) is 28.7. The van der Waals surface area contributed by atoms with E-state index in [1.165, 1.54) is 20.3 Å². The fourth-order valence-electron chi connectivity index (χ4n) is 3.66. The van der Waals surface area contributed by atoms with Crippen LogP contribution in [0.1, 0.15) is 11.1 Å². The highest BCUT2D eigenvalue weighted by Gasteiger charge is 2.13. The van der Waals surface area contributed by atoms with Crippen molar-refractivity contribution in [3.8, 4) is 34.5 Å².